The SMILES string of the molecule is COc1ccc(CC(NC(=O)OC(C)(C)C)C(O)C(N)=O)cc1. The third-order valence-electron chi connectivity index (χ3n) is 2.99. The Labute approximate surface area is 135 Å². The third-order valence-corrected chi connectivity index (χ3v) is 2.99. The fourth-order valence-electron chi connectivity index (χ4n) is 1.91. The average Bonchev–Trinajstić information content (AvgIpc) is 2.44. The molecule has 7 nitrogen and oxygen atoms in total. The van der Waals surface area contributed by atoms with Crippen molar-refractivity contribution in [2.24, 2.45) is 5.73 Å². The monoisotopic (exact) mass is 324 g/mol. The molecule has 2 amide bonds. The van der Waals surface area contributed by atoms with Gasteiger partial charge in [-0.25, -0.2) is 4.79 Å². The molecule has 23 heavy (non-hydrogen) atoms. The van der Waals surface area contributed by atoms with Crippen molar-refractivity contribution in [2.45, 2.75) is 44.9 Å². The van der Waals surface area contributed by atoms with E-state index in [1.54, 1.807) is 52.1 Å². The number of nitrogens with one attached hydrogen (secondary N) is 1. The molecule has 0 spiro atoms. The third kappa shape index (κ3) is 6.56. The Hall–Kier alpha value is -2.28. The van der Waals surface area contributed by atoms with Crippen LogP contribution in [0.4, 0.5) is 4.79 Å². The van der Waals surface area contributed by atoms with E-state index < -0.39 is 29.7 Å². The first kappa shape index (κ1) is 18.8. The molecular formula is C16H24N2O5. The van der Waals surface area contributed by atoms with Crippen LogP contribution < -0.4 is 15.8 Å². The molecule has 7 heteroatoms. The topological polar surface area (TPSA) is 111 Å². The molecule has 1 aromatic rings. The van der Waals surface area contributed by atoms with Gasteiger partial charge in [0, 0.05) is 0 Å². The van der Waals surface area contributed by atoms with Crippen molar-refractivity contribution < 1.29 is 24.2 Å². The number of amides is 2. The zero-order valence-electron chi connectivity index (χ0n) is 13.8. The summed E-state index contributed by atoms with van der Waals surface area (Å²) >= 11 is 0. The number of primary amides is 1. The number of benzene rings is 1. The van der Waals surface area contributed by atoms with E-state index in [0.29, 0.717) is 5.75 Å². The van der Waals surface area contributed by atoms with Crippen LogP contribution in [0.25, 0.3) is 0 Å². The lowest BCUT2D eigenvalue weighted by Gasteiger charge is -2.25. The van der Waals surface area contributed by atoms with Gasteiger partial charge in [0.2, 0.25) is 5.91 Å². The minimum atomic E-state index is -1.52. The van der Waals surface area contributed by atoms with Gasteiger partial charge in [-0.1, -0.05) is 12.1 Å². The van der Waals surface area contributed by atoms with Crippen molar-refractivity contribution in [3.8, 4) is 5.75 Å². The second kappa shape index (κ2) is 7.82. The molecule has 1 aromatic carbocycles. The Balaban J connectivity index is 2.83. The van der Waals surface area contributed by atoms with E-state index in [-0.39, 0.29) is 6.42 Å². The van der Waals surface area contributed by atoms with Gasteiger partial charge in [-0.3, -0.25) is 4.79 Å². The molecule has 2 unspecified atom stereocenters. The standard InChI is InChI=1S/C16H24N2O5/c1-16(2,3)23-15(21)18-12(13(19)14(17)20)9-10-5-7-11(22-4)8-6-10/h5-8,12-13,19H,9H2,1-4H3,(H2,17,20)(H,18,21). The first-order chi connectivity index (χ1) is 10.6. The largest absolute Gasteiger partial charge is 0.497 e. The maximum Gasteiger partial charge on any atom is 0.407 e. The van der Waals surface area contributed by atoms with Gasteiger partial charge in [0.05, 0.1) is 13.2 Å². The van der Waals surface area contributed by atoms with Crippen LogP contribution in [0.1, 0.15) is 26.3 Å². The van der Waals surface area contributed by atoms with Crippen molar-refractivity contribution >= 4 is 12.0 Å². The van der Waals surface area contributed by atoms with Crippen LogP contribution in [0.2, 0.25) is 0 Å². The highest BCUT2D eigenvalue weighted by Crippen LogP contribution is 2.14. The number of aliphatic hydroxyl groups excluding tert-OH is 1. The van der Waals surface area contributed by atoms with Crippen molar-refractivity contribution in [1.82, 2.24) is 5.32 Å². The number of methoxy groups -OCH3 is 1. The fourth-order valence-corrected chi connectivity index (χ4v) is 1.91. The number of ether oxygens (including phenoxy) is 2. The number of aliphatic hydroxyl groups is 1. The van der Waals surface area contributed by atoms with Gasteiger partial charge in [-0.15, -0.1) is 0 Å². The van der Waals surface area contributed by atoms with Crippen LogP contribution in [-0.2, 0) is 16.0 Å². The molecule has 0 heterocycles. The predicted octanol–water partition coefficient (Wildman–Crippen LogP) is 0.977. The second-order valence-corrected chi connectivity index (χ2v) is 6.15. The highest BCUT2D eigenvalue weighted by Gasteiger charge is 2.28. The summed E-state index contributed by atoms with van der Waals surface area (Å²) < 4.78 is 10.2. The van der Waals surface area contributed by atoms with Gasteiger partial charge >= 0.3 is 6.09 Å². The van der Waals surface area contributed by atoms with Crippen molar-refractivity contribution in [1.29, 1.82) is 0 Å². The first-order valence-electron chi connectivity index (χ1n) is 7.22. The number of hydrogen-bond acceptors (Lipinski definition) is 5. The molecular weight excluding hydrogens is 300 g/mol. The number of alkyl carbamates (subject to hydrolysis) is 1. The van der Waals surface area contributed by atoms with E-state index in [1.807, 2.05) is 0 Å². The summed E-state index contributed by atoms with van der Waals surface area (Å²) in [7, 11) is 1.55. The quantitative estimate of drug-likeness (QED) is 0.722. The fraction of sp³-hybridized carbons (Fsp3) is 0.500. The lowest BCUT2D eigenvalue weighted by molar-refractivity contribution is -0.127. The smallest absolute Gasteiger partial charge is 0.407 e. The summed E-state index contributed by atoms with van der Waals surface area (Å²) in [5.41, 5.74) is 5.25. The molecule has 0 aliphatic heterocycles. The lowest BCUT2D eigenvalue weighted by atomic mass is 10.0. The predicted molar refractivity (Wildman–Crippen MR) is 85.1 cm³/mol. The molecule has 0 fully saturated rings. The zero-order chi connectivity index (χ0) is 17.6. The van der Waals surface area contributed by atoms with E-state index in [2.05, 4.69) is 5.32 Å². The molecule has 0 bridgehead atoms. The molecule has 1 rings (SSSR count). The van der Waals surface area contributed by atoms with Gasteiger partial charge in [0.1, 0.15) is 11.4 Å². The summed E-state index contributed by atoms with van der Waals surface area (Å²) in [6, 6.07) is 6.15. The molecule has 2 atom stereocenters. The Morgan fingerprint density at radius 1 is 1.26 bits per heavy atom. The maximum absolute atomic E-state index is 11.9. The van der Waals surface area contributed by atoms with Gasteiger partial charge in [-0.05, 0) is 44.9 Å². The van der Waals surface area contributed by atoms with Gasteiger partial charge < -0.3 is 25.6 Å². The highest BCUT2D eigenvalue weighted by molar-refractivity contribution is 5.80. The summed E-state index contributed by atoms with van der Waals surface area (Å²) in [5, 5.41) is 12.4. The summed E-state index contributed by atoms with van der Waals surface area (Å²) in [4.78, 5) is 23.1. The lowest BCUT2D eigenvalue weighted by Crippen LogP contribution is -2.51. The Bertz CT molecular complexity index is 536. The van der Waals surface area contributed by atoms with Gasteiger partial charge in [-0.2, -0.15) is 0 Å². The number of carbonyl (C=O) groups is 2. The number of carbonyl (C=O) groups excluding carboxylic acids is 2. The first-order valence-corrected chi connectivity index (χ1v) is 7.22. The minimum Gasteiger partial charge on any atom is -0.497 e. The Morgan fingerprint density at radius 2 is 1.83 bits per heavy atom. The molecule has 0 aliphatic rings. The second-order valence-electron chi connectivity index (χ2n) is 6.15. The van der Waals surface area contributed by atoms with E-state index in [0.717, 1.165) is 5.56 Å². The summed E-state index contributed by atoms with van der Waals surface area (Å²) in [6.07, 6.45) is -2.03. The molecule has 0 aliphatic carbocycles. The van der Waals surface area contributed by atoms with Crippen LogP contribution >= 0.6 is 0 Å². The van der Waals surface area contributed by atoms with Gasteiger partial charge in [0.15, 0.2) is 6.10 Å². The zero-order valence-corrected chi connectivity index (χ0v) is 13.8. The van der Waals surface area contributed by atoms with Crippen LogP contribution in [0.5, 0.6) is 5.75 Å². The number of rotatable bonds is 6. The number of hydrogen-bond donors (Lipinski definition) is 3. The van der Waals surface area contributed by atoms with E-state index in [9.17, 15) is 14.7 Å². The molecule has 0 aromatic heterocycles. The molecule has 0 saturated heterocycles. The average molecular weight is 324 g/mol. The maximum atomic E-state index is 11.9. The molecule has 128 valence electrons. The summed E-state index contributed by atoms with van der Waals surface area (Å²) in [5.74, 6) is -0.236. The van der Waals surface area contributed by atoms with Crippen molar-refractivity contribution in [3.05, 3.63) is 29.8 Å². The van der Waals surface area contributed by atoms with E-state index in [4.69, 9.17) is 15.2 Å². The minimum absolute atomic E-state index is 0.216. The van der Waals surface area contributed by atoms with Crippen molar-refractivity contribution in [2.75, 3.05) is 7.11 Å². The van der Waals surface area contributed by atoms with Crippen LogP contribution in [-0.4, -0.2) is 42.0 Å². The van der Waals surface area contributed by atoms with E-state index in [1.165, 1.54) is 0 Å². The molecule has 4 N–H and O–H groups in total. The van der Waals surface area contributed by atoms with Crippen LogP contribution in [0.15, 0.2) is 24.3 Å². The van der Waals surface area contributed by atoms with Gasteiger partial charge in [0.25, 0.3) is 0 Å². The Morgan fingerprint density at radius 3 is 2.26 bits per heavy atom. The van der Waals surface area contributed by atoms with E-state index >= 15 is 0 Å². The normalized spacial score (nSPS) is 13.8. The van der Waals surface area contributed by atoms with Crippen LogP contribution in [0.3, 0.4) is 0 Å². The molecule has 0 radical (unpaired) electrons. The highest BCUT2D eigenvalue weighted by atomic mass is 16.6. The van der Waals surface area contributed by atoms with Crippen molar-refractivity contribution in [3.63, 3.8) is 0 Å². The van der Waals surface area contributed by atoms with Crippen LogP contribution in [0, 0.1) is 0 Å². The number of nitrogens with two attached hydrogens (primary N) is 1. The Kier molecular flexibility index (Phi) is 6.38. The molecule has 0 saturated carbocycles. The summed E-state index contributed by atoms with van der Waals surface area (Å²) in [6.45, 7) is 5.15.